The standard InChI is InChI=1S/C17H23NO5/c19-16(8-10-22-12-14-7-4-9-23-14)18-15(17(20)21)11-13-5-2-1-3-6-13/h1-3,5-6,14-15H,4,7-12H2,(H,18,19)(H,20,21). The molecule has 1 saturated heterocycles. The maximum absolute atomic E-state index is 11.9. The Morgan fingerprint density at radius 3 is 2.78 bits per heavy atom. The van der Waals surface area contributed by atoms with Crippen LogP contribution in [0.25, 0.3) is 0 Å². The van der Waals surface area contributed by atoms with E-state index in [9.17, 15) is 14.7 Å². The molecule has 0 aromatic heterocycles. The predicted octanol–water partition coefficient (Wildman–Crippen LogP) is 1.38. The third-order valence-corrected chi connectivity index (χ3v) is 3.72. The lowest BCUT2D eigenvalue weighted by Gasteiger charge is -2.15. The zero-order chi connectivity index (χ0) is 16.5. The van der Waals surface area contributed by atoms with Crippen molar-refractivity contribution in [1.82, 2.24) is 5.32 Å². The number of hydrogen-bond donors (Lipinski definition) is 2. The molecule has 2 unspecified atom stereocenters. The van der Waals surface area contributed by atoms with Gasteiger partial charge in [0.05, 0.1) is 19.3 Å². The summed E-state index contributed by atoms with van der Waals surface area (Å²) in [7, 11) is 0. The van der Waals surface area contributed by atoms with Crippen molar-refractivity contribution in [2.24, 2.45) is 0 Å². The van der Waals surface area contributed by atoms with Crippen molar-refractivity contribution in [3.05, 3.63) is 35.9 Å². The Hall–Kier alpha value is -1.92. The van der Waals surface area contributed by atoms with Crippen LogP contribution < -0.4 is 5.32 Å². The van der Waals surface area contributed by atoms with Crippen molar-refractivity contribution in [1.29, 1.82) is 0 Å². The summed E-state index contributed by atoms with van der Waals surface area (Å²) in [5, 5.41) is 11.8. The van der Waals surface area contributed by atoms with E-state index in [1.54, 1.807) is 0 Å². The molecule has 1 fully saturated rings. The van der Waals surface area contributed by atoms with Crippen molar-refractivity contribution in [3.8, 4) is 0 Å². The van der Waals surface area contributed by atoms with Gasteiger partial charge in [0.1, 0.15) is 6.04 Å². The average molecular weight is 321 g/mol. The molecule has 1 aliphatic rings. The monoisotopic (exact) mass is 321 g/mol. The van der Waals surface area contributed by atoms with Crippen molar-refractivity contribution >= 4 is 11.9 Å². The fourth-order valence-corrected chi connectivity index (χ4v) is 2.47. The molecule has 1 aromatic carbocycles. The number of benzene rings is 1. The second kappa shape index (κ2) is 9.27. The Kier molecular flexibility index (Phi) is 7.03. The molecule has 0 radical (unpaired) electrons. The number of rotatable bonds is 9. The summed E-state index contributed by atoms with van der Waals surface area (Å²) in [5.74, 6) is -1.36. The molecule has 1 aromatic rings. The highest BCUT2D eigenvalue weighted by atomic mass is 16.5. The Labute approximate surface area is 135 Å². The van der Waals surface area contributed by atoms with E-state index in [1.165, 1.54) is 0 Å². The molecule has 1 aliphatic heterocycles. The van der Waals surface area contributed by atoms with Gasteiger partial charge in [-0.2, -0.15) is 0 Å². The number of carboxylic acids is 1. The summed E-state index contributed by atoms with van der Waals surface area (Å²) in [5.41, 5.74) is 0.870. The first kappa shape index (κ1) is 17.4. The van der Waals surface area contributed by atoms with E-state index < -0.39 is 12.0 Å². The Balaban J connectivity index is 1.69. The first-order valence-electron chi connectivity index (χ1n) is 7.90. The van der Waals surface area contributed by atoms with Crippen LogP contribution in [0.15, 0.2) is 30.3 Å². The number of carbonyl (C=O) groups is 2. The van der Waals surface area contributed by atoms with Gasteiger partial charge in [-0.05, 0) is 18.4 Å². The van der Waals surface area contributed by atoms with Crippen LogP contribution in [0.2, 0.25) is 0 Å². The van der Waals surface area contributed by atoms with Gasteiger partial charge in [0.15, 0.2) is 0 Å². The molecular formula is C17H23NO5. The number of ether oxygens (including phenoxy) is 2. The summed E-state index contributed by atoms with van der Waals surface area (Å²) >= 11 is 0. The van der Waals surface area contributed by atoms with Crippen LogP contribution in [0.4, 0.5) is 0 Å². The van der Waals surface area contributed by atoms with Crippen LogP contribution in [-0.2, 0) is 25.5 Å². The Bertz CT molecular complexity index is 499. The zero-order valence-electron chi connectivity index (χ0n) is 13.1. The molecule has 0 bridgehead atoms. The number of aliphatic carboxylic acids is 1. The molecule has 1 heterocycles. The van der Waals surface area contributed by atoms with E-state index in [0.29, 0.717) is 6.61 Å². The third-order valence-electron chi connectivity index (χ3n) is 3.72. The van der Waals surface area contributed by atoms with Crippen LogP contribution in [0, 0.1) is 0 Å². The van der Waals surface area contributed by atoms with Crippen molar-refractivity contribution in [2.45, 2.75) is 37.8 Å². The number of carboxylic acid groups (broad SMARTS) is 1. The fraction of sp³-hybridized carbons (Fsp3) is 0.529. The summed E-state index contributed by atoms with van der Waals surface area (Å²) in [6.45, 7) is 1.53. The molecule has 1 amide bonds. The molecule has 0 saturated carbocycles. The van der Waals surface area contributed by atoms with Gasteiger partial charge in [-0.3, -0.25) is 4.79 Å². The molecule has 2 atom stereocenters. The summed E-state index contributed by atoms with van der Waals surface area (Å²) in [4.78, 5) is 23.1. The molecule has 0 spiro atoms. The van der Waals surface area contributed by atoms with Crippen molar-refractivity contribution < 1.29 is 24.2 Å². The van der Waals surface area contributed by atoms with Gasteiger partial charge in [0.2, 0.25) is 5.91 Å². The van der Waals surface area contributed by atoms with Crippen LogP contribution in [0.5, 0.6) is 0 Å². The molecule has 2 N–H and O–H groups in total. The maximum atomic E-state index is 11.9. The Morgan fingerprint density at radius 2 is 2.13 bits per heavy atom. The summed E-state index contributed by atoms with van der Waals surface area (Å²) < 4.78 is 10.8. The predicted molar refractivity (Wildman–Crippen MR) is 84.1 cm³/mol. The van der Waals surface area contributed by atoms with Crippen LogP contribution >= 0.6 is 0 Å². The van der Waals surface area contributed by atoms with E-state index in [-0.39, 0.29) is 31.5 Å². The van der Waals surface area contributed by atoms with Gasteiger partial charge in [0, 0.05) is 19.4 Å². The number of hydrogen-bond acceptors (Lipinski definition) is 4. The molecule has 0 aliphatic carbocycles. The largest absolute Gasteiger partial charge is 0.480 e. The van der Waals surface area contributed by atoms with E-state index in [4.69, 9.17) is 9.47 Å². The lowest BCUT2D eigenvalue weighted by molar-refractivity contribution is -0.142. The van der Waals surface area contributed by atoms with Gasteiger partial charge >= 0.3 is 5.97 Å². The van der Waals surface area contributed by atoms with Crippen LogP contribution in [0.1, 0.15) is 24.8 Å². The minimum absolute atomic E-state index is 0.128. The highest BCUT2D eigenvalue weighted by Gasteiger charge is 2.20. The van der Waals surface area contributed by atoms with E-state index in [1.807, 2.05) is 30.3 Å². The first-order valence-corrected chi connectivity index (χ1v) is 7.90. The van der Waals surface area contributed by atoms with Gasteiger partial charge in [-0.25, -0.2) is 4.79 Å². The second-order valence-corrected chi connectivity index (χ2v) is 5.61. The average Bonchev–Trinajstić information content (AvgIpc) is 3.05. The minimum atomic E-state index is -1.04. The number of amides is 1. The molecular weight excluding hydrogens is 298 g/mol. The van der Waals surface area contributed by atoms with Crippen molar-refractivity contribution in [3.63, 3.8) is 0 Å². The van der Waals surface area contributed by atoms with E-state index in [2.05, 4.69) is 5.32 Å². The lowest BCUT2D eigenvalue weighted by Crippen LogP contribution is -2.42. The zero-order valence-corrected chi connectivity index (χ0v) is 13.1. The van der Waals surface area contributed by atoms with Crippen molar-refractivity contribution in [2.75, 3.05) is 19.8 Å². The number of carbonyl (C=O) groups excluding carboxylic acids is 1. The van der Waals surface area contributed by atoms with E-state index in [0.717, 1.165) is 25.0 Å². The third kappa shape index (κ3) is 6.38. The molecule has 6 nitrogen and oxygen atoms in total. The number of nitrogens with one attached hydrogen (secondary N) is 1. The Morgan fingerprint density at radius 1 is 1.35 bits per heavy atom. The summed E-state index contributed by atoms with van der Waals surface area (Å²) in [6.07, 6.45) is 2.57. The SMILES string of the molecule is O=C(CCOCC1CCCO1)NC(Cc1ccccc1)C(=O)O. The van der Waals surface area contributed by atoms with Crippen LogP contribution in [0.3, 0.4) is 0 Å². The summed E-state index contributed by atoms with van der Waals surface area (Å²) in [6, 6.07) is 8.30. The van der Waals surface area contributed by atoms with Gasteiger partial charge < -0.3 is 19.9 Å². The highest BCUT2D eigenvalue weighted by molar-refractivity contribution is 5.83. The molecule has 23 heavy (non-hydrogen) atoms. The minimum Gasteiger partial charge on any atom is -0.480 e. The fourth-order valence-electron chi connectivity index (χ4n) is 2.47. The van der Waals surface area contributed by atoms with Crippen LogP contribution in [-0.4, -0.2) is 48.9 Å². The smallest absolute Gasteiger partial charge is 0.326 e. The van der Waals surface area contributed by atoms with Gasteiger partial charge in [0.25, 0.3) is 0 Å². The maximum Gasteiger partial charge on any atom is 0.326 e. The topological polar surface area (TPSA) is 84.9 Å². The highest BCUT2D eigenvalue weighted by Crippen LogP contribution is 2.12. The van der Waals surface area contributed by atoms with Gasteiger partial charge in [-0.15, -0.1) is 0 Å². The van der Waals surface area contributed by atoms with Gasteiger partial charge in [-0.1, -0.05) is 30.3 Å². The molecule has 2 rings (SSSR count). The normalized spacial score (nSPS) is 18.5. The molecule has 126 valence electrons. The second-order valence-electron chi connectivity index (χ2n) is 5.61. The lowest BCUT2D eigenvalue weighted by atomic mass is 10.1. The van der Waals surface area contributed by atoms with E-state index >= 15 is 0 Å². The first-order chi connectivity index (χ1) is 11.1. The molecule has 6 heteroatoms. The quantitative estimate of drug-likeness (QED) is 0.671.